The van der Waals surface area contributed by atoms with Gasteiger partial charge in [0.15, 0.2) is 0 Å². The Bertz CT molecular complexity index is 504. The van der Waals surface area contributed by atoms with Gasteiger partial charge in [-0.05, 0) is 31.4 Å². The molecule has 2 unspecified atom stereocenters. The van der Waals surface area contributed by atoms with Crippen LogP contribution in [0.1, 0.15) is 31.7 Å². The van der Waals surface area contributed by atoms with Crippen molar-refractivity contribution >= 4 is 23.3 Å². The van der Waals surface area contributed by atoms with Crippen LogP contribution in [0.3, 0.4) is 0 Å². The van der Waals surface area contributed by atoms with Crippen molar-refractivity contribution in [1.29, 1.82) is 0 Å². The largest absolute Gasteiger partial charge is 0.380 e. The number of hydrogen-bond acceptors (Lipinski definition) is 3. The molecule has 2 rings (SSSR count). The first-order chi connectivity index (χ1) is 10.7. The van der Waals surface area contributed by atoms with Gasteiger partial charge < -0.3 is 20.1 Å². The van der Waals surface area contributed by atoms with Gasteiger partial charge in [-0.25, -0.2) is 4.79 Å². The average Bonchev–Trinajstić information content (AvgIpc) is 3.02. The first-order valence-corrected chi connectivity index (χ1v) is 7.99. The molecule has 0 aromatic heterocycles. The van der Waals surface area contributed by atoms with Crippen molar-refractivity contribution in [3.05, 3.63) is 28.8 Å². The van der Waals surface area contributed by atoms with E-state index in [9.17, 15) is 4.79 Å². The molecule has 6 heteroatoms. The highest BCUT2D eigenvalue weighted by Crippen LogP contribution is 2.25. The lowest BCUT2D eigenvalue weighted by molar-refractivity contribution is 0.0804. The quantitative estimate of drug-likeness (QED) is 0.840. The molecule has 1 aliphatic heterocycles. The minimum Gasteiger partial charge on any atom is -0.380 e. The maximum Gasteiger partial charge on any atom is 0.319 e. The summed E-state index contributed by atoms with van der Waals surface area (Å²) in [6.45, 7) is 3.16. The second-order valence-corrected chi connectivity index (χ2v) is 5.77. The molecule has 1 aliphatic rings. The third-order valence-electron chi connectivity index (χ3n) is 3.83. The molecule has 1 fully saturated rings. The fourth-order valence-corrected chi connectivity index (χ4v) is 2.90. The van der Waals surface area contributed by atoms with E-state index in [-0.39, 0.29) is 18.2 Å². The predicted octanol–water partition coefficient (Wildman–Crippen LogP) is 3.57. The Morgan fingerprint density at radius 2 is 2.36 bits per heavy atom. The summed E-state index contributed by atoms with van der Waals surface area (Å²) in [5.74, 6) is 0. The summed E-state index contributed by atoms with van der Waals surface area (Å²) in [5, 5.41) is 6.42. The van der Waals surface area contributed by atoms with Gasteiger partial charge in [0.1, 0.15) is 0 Å². The molecule has 1 heterocycles. The summed E-state index contributed by atoms with van der Waals surface area (Å²) in [5.41, 5.74) is 1.43. The second kappa shape index (κ2) is 8.36. The smallest absolute Gasteiger partial charge is 0.319 e. The molecule has 0 spiro atoms. The first kappa shape index (κ1) is 17.1. The Morgan fingerprint density at radius 3 is 3.00 bits per heavy atom. The maximum atomic E-state index is 12.2. The van der Waals surface area contributed by atoms with Gasteiger partial charge in [-0.15, -0.1) is 0 Å². The van der Waals surface area contributed by atoms with E-state index in [1.165, 1.54) is 0 Å². The standard InChI is InChI=1S/C16H23ClN2O3/c1-3-13(15-8-5-9-22-15)18-16(20)19-14-7-4-6-12(17)11(14)10-21-2/h4,6-7,13,15H,3,5,8-10H2,1-2H3,(H2,18,19,20). The van der Waals surface area contributed by atoms with E-state index < -0.39 is 0 Å². The highest BCUT2D eigenvalue weighted by molar-refractivity contribution is 6.31. The molecule has 1 aromatic carbocycles. The van der Waals surface area contributed by atoms with E-state index in [1.54, 1.807) is 19.2 Å². The zero-order valence-electron chi connectivity index (χ0n) is 13.0. The number of carbonyl (C=O) groups excluding carboxylic acids is 1. The maximum absolute atomic E-state index is 12.2. The van der Waals surface area contributed by atoms with Crippen molar-refractivity contribution in [2.45, 2.75) is 44.9 Å². The molecule has 2 atom stereocenters. The highest BCUT2D eigenvalue weighted by Gasteiger charge is 2.26. The molecule has 0 radical (unpaired) electrons. The van der Waals surface area contributed by atoms with Crippen LogP contribution in [0, 0.1) is 0 Å². The Hall–Kier alpha value is -1.30. The van der Waals surface area contributed by atoms with E-state index in [2.05, 4.69) is 10.6 Å². The number of carbonyl (C=O) groups is 1. The highest BCUT2D eigenvalue weighted by atomic mass is 35.5. The summed E-state index contributed by atoms with van der Waals surface area (Å²) in [6, 6.07) is 5.16. The van der Waals surface area contributed by atoms with Gasteiger partial charge in [-0.1, -0.05) is 24.6 Å². The van der Waals surface area contributed by atoms with Gasteiger partial charge in [-0.2, -0.15) is 0 Å². The van der Waals surface area contributed by atoms with Gasteiger partial charge in [0, 0.05) is 30.0 Å². The molecular weight excluding hydrogens is 304 g/mol. The van der Waals surface area contributed by atoms with Crippen molar-refractivity contribution in [2.24, 2.45) is 0 Å². The van der Waals surface area contributed by atoms with Gasteiger partial charge in [0.05, 0.1) is 18.8 Å². The summed E-state index contributed by atoms with van der Waals surface area (Å²) in [4.78, 5) is 12.2. The van der Waals surface area contributed by atoms with Crippen LogP contribution in [0.25, 0.3) is 0 Å². The van der Waals surface area contributed by atoms with E-state index in [0.717, 1.165) is 31.4 Å². The average molecular weight is 327 g/mol. The molecule has 0 aliphatic carbocycles. The Labute approximate surface area is 136 Å². The molecule has 0 bridgehead atoms. The summed E-state index contributed by atoms with van der Waals surface area (Å²) in [6.07, 6.45) is 2.98. The molecule has 2 amide bonds. The van der Waals surface area contributed by atoms with Gasteiger partial charge >= 0.3 is 6.03 Å². The Morgan fingerprint density at radius 1 is 1.55 bits per heavy atom. The Balaban J connectivity index is 2.00. The molecular formula is C16H23ClN2O3. The molecule has 1 saturated heterocycles. The number of halogens is 1. The van der Waals surface area contributed by atoms with Crippen LogP contribution >= 0.6 is 11.6 Å². The second-order valence-electron chi connectivity index (χ2n) is 5.36. The van der Waals surface area contributed by atoms with Crippen LogP contribution in [0.5, 0.6) is 0 Å². The van der Waals surface area contributed by atoms with Gasteiger partial charge in [-0.3, -0.25) is 0 Å². The minimum atomic E-state index is -0.248. The number of rotatable bonds is 6. The van der Waals surface area contributed by atoms with Crippen LogP contribution < -0.4 is 10.6 Å². The monoisotopic (exact) mass is 326 g/mol. The van der Waals surface area contributed by atoms with Crippen molar-refractivity contribution in [1.82, 2.24) is 5.32 Å². The number of methoxy groups -OCH3 is 1. The first-order valence-electron chi connectivity index (χ1n) is 7.61. The molecule has 22 heavy (non-hydrogen) atoms. The van der Waals surface area contributed by atoms with E-state index in [4.69, 9.17) is 21.1 Å². The lowest BCUT2D eigenvalue weighted by Gasteiger charge is -2.23. The van der Waals surface area contributed by atoms with E-state index in [0.29, 0.717) is 17.3 Å². The third kappa shape index (κ3) is 4.35. The number of benzene rings is 1. The zero-order chi connectivity index (χ0) is 15.9. The molecule has 2 N–H and O–H groups in total. The topological polar surface area (TPSA) is 59.6 Å². The number of urea groups is 1. The normalized spacial score (nSPS) is 19.0. The molecule has 1 aromatic rings. The van der Waals surface area contributed by atoms with Crippen molar-refractivity contribution in [2.75, 3.05) is 19.0 Å². The van der Waals surface area contributed by atoms with Crippen LogP contribution in [-0.2, 0) is 16.1 Å². The Kier molecular flexibility index (Phi) is 6.49. The number of amides is 2. The lowest BCUT2D eigenvalue weighted by Crippen LogP contribution is -2.44. The van der Waals surface area contributed by atoms with Crippen molar-refractivity contribution < 1.29 is 14.3 Å². The third-order valence-corrected chi connectivity index (χ3v) is 4.18. The number of anilines is 1. The minimum absolute atomic E-state index is 0.0209. The summed E-state index contributed by atoms with van der Waals surface area (Å²) < 4.78 is 10.8. The lowest BCUT2D eigenvalue weighted by atomic mass is 10.1. The molecule has 5 nitrogen and oxygen atoms in total. The molecule has 0 saturated carbocycles. The molecule has 122 valence electrons. The number of ether oxygens (including phenoxy) is 2. The zero-order valence-corrected chi connectivity index (χ0v) is 13.8. The van der Waals surface area contributed by atoms with Crippen molar-refractivity contribution in [3.8, 4) is 0 Å². The van der Waals surface area contributed by atoms with Crippen LogP contribution in [0.4, 0.5) is 10.5 Å². The van der Waals surface area contributed by atoms with Crippen LogP contribution in [0.2, 0.25) is 5.02 Å². The predicted molar refractivity (Wildman–Crippen MR) is 87.4 cm³/mol. The fourth-order valence-electron chi connectivity index (χ4n) is 2.67. The summed E-state index contributed by atoms with van der Waals surface area (Å²) >= 11 is 6.16. The van der Waals surface area contributed by atoms with Crippen LogP contribution in [-0.4, -0.2) is 31.9 Å². The van der Waals surface area contributed by atoms with Gasteiger partial charge in [0.2, 0.25) is 0 Å². The van der Waals surface area contributed by atoms with Crippen molar-refractivity contribution in [3.63, 3.8) is 0 Å². The van der Waals surface area contributed by atoms with E-state index >= 15 is 0 Å². The number of nitrogens with one attached hydrogen (secondary N) is 2. The number of hydrogen-bond donors (Lipinski definition) is 2. The summed E-state index contributed by atoms with van der Waals surface area (Å²) in [7, 11) is 1.59. The van der Waals surface area contributed by atoms with E-state index in [1.807, 2.05) is 13.0 Å². The SMILES string of the molecule is CCC(NC(=O)Nc1cccc(Cl)c1COC)C1CCCO1. The fraction of sp³-hybridized carbons (Fsp3) is 0.562. The van der Waals surface area contributed by atoms with Gasteiger partial charge in [0.25, 0.3) is 0 Å². The van der Waals surface area contributed by atoms with Crippen LogP contribution in [0.15, 0.2) is 18.2 Å².